The number of rotatable bonds is 7. The standard InChI is InChI=1S/C15H26N2O2S/c1-5-12(3)11-17(6-2)20(18,19)15-9-7-8-14(10-15)13(4)16/h7-10,12-13H,5-6,11,16H2,1-4H3. The maximum Gasteiger partial charge on any atom is 0.243 e. The van der Waals surface area contributed by atoms with Gasteiger partial charge in [-0.3, -0.25) is 0 Å². The summed E-state index contributed by atoms with van der Waals surface area (Å²) in [7, 11) is -3.43. The zero-order valence-corrected chi connectivity index (χ0v) is 13.7. The van der Waals surface area contributed by atoms with Gasteiger partial charge in [0.2, 0.25) is 10.0 Å². The molecule has 1 aromatic carbocycles. The summed E-state index contributed by atoms with van der Waals surface area (Å²) in [6.45, 7) is 8.89. The van der Waals surface area contributed by atoms with E-state index in [0.717, 1.165) is 12.0 Å². The van der Waals surface area contributed by atoms with Crippen LogP contribution in [0.5, 0.6) is 0 Å². The average Bonchev–Trinajstić information content (AvgIpc) is 2.44. The molecule has 4 nitrogen and oxygen atoms in total. The first-order valence-electron chi connectivity index (χ1n) is 7.18. The van der Waals surface area contributed by atoms with Gasteiger partial charge in [-0.15, -0.1) is 0 Å². The molecular formula is C15H26N2O2S. The van der Waals surface area contributed by atoms with Gasteiger partial charge in [0.1, 0.15) is 0 Å². The number of sulfonamides is 1. The fourth-order valence-electron chi connectivity index (χ4n) is 1.98. The minimum absolute atomic E-state index is 0.171. The van der Waals surface area contributed by atoms with Crippen molar-refractivity contribution in [2.75, 3.05) is 13.1 Å². The maximum atomic E-state index is 12.7. The third-order valence-corrected chi connectivity index (χ3v) is 5.52. The van der Waals surface area contributed by atoms with Crippen molar-refractivity contribution in [1.29, 1.82) is 0 Å². The first kappa shape index (κ1) is 17.1. The summed E-state index contributed by atoms with van der Waals surface area (Å²) in [6.07, 6.45) is 0.964. The Labute approximate surface area is 123 Å². The number of nitrogens with two attached hydrogens (primary N) is 1. The Hall–Kier alpha value is -0.910. The van der Waals surface area contributed by atoms with E-state index in [0.29, 0.717) is 23.9 Å². The van der Waals surface area contributed by atoms with Gasteiger partial charge in [0.05, 0.1) is 4.90 Å². The highest BCUT2D eigenvalue weighted by Crippen LogP contribution is 2.21. The number of benzene rings is 1. The monoisotopic (exact) mass is 298 g/mol. The molecule has 0 bridgehead atoms. The molecule has 2 atom stereocenters. The highest BCUT2D eigenvalue weighted by molar-refractivity contribution is 7.89. The van der Waals surface area contributed by atoms with Crippen LogP contribution in [0.25, 0.3) is 0 Å². The number of nitrogens with zero attached hydrogens (tertiary/aromatic N) is 1. The summed E-state index contributed by atoms with van der Waals surface area (Å²) in [5, 5.41) is 0. The Balaban J connectivity index is 3.10. The van der Waals surface area contributed by atoms with Crippen LogP contribution in [0.4, 0.5) is 0 Å². The molecule has 0 radical (unpaired) electrons. The van der Waals surface area contributed by atoms with Crippen LogP contribution >= 0.6 is 0 Å². The molecule has 0 amide bonds. The van der Waals surface area contributed by atoms with Crippen LogP contribution in [0.15, 0.2) is 29.2 Å². The summed E-state index contributed by atoms with van der Waals surface area (Å²) < 4.78 is 26.9. The predicted octanol–water partition coefficient (Wildman–Crippen LogP) is 2.76. The number of hydrogen-bond acceptors (Lipinski definition) is 3. The van der Waals surface area contributed by atoms with E-state index in [2.05, 4.69) is 13.8 Å². The fraction of sp³-hybridized carbons (Fsp3) is 0.600. The summed E-state index contributed by atoms with van der Waals surface area (Å²) in [4.78, 5) is 0.331. The molecule has 5 heteroatoms. The first-order chi connectivity index (χ1) is 9.32. The van der Waals surface area contributed by atoms with E-state index in [1.807, 2.05) is 19.9 Å². The van der Waals surface area contributed by atoms with Crippen molar-refractivity contribution in [3.8, 4) is 0 Å². The predicted molar refractivity (Wildman–Crippen MR) is 82.9 cm³/mol. The van der Waals surface area contributed by atoms with Crippen LogP contribution in [0.1, 0.15) is 45.7 Å². The molecule has 1 rings (SSSR count). The Morgan fingerprint density at radius 3 is 2.40 bits per heavy atom. The summed E-state index contributed by atoms with van der Waals surface area (Å²) in [6, 6.07) is 6.76. The molecule has 0 fully saturated rings. The molecular weight excluding hydrogens is 272 g/mol. The summed E-state index contributed by atoms with van der Waals surface area (Å²) >= 11 is 0. The summed E-state index contributed by atoms with van der Waals surface area (Å²) in [5.74, 6) is 0.348. The second-order valence-corrected chi connectivity index (χ2v) is 7.27. The van der Waals surface area contributed by atoms with E-state index in [4.69, 9.17) is 5.73 Å². The van der Waals surface area contributed by atoms with Crippen LogP contribution in [0.2, 0.25) is 0 Å². The second-order valence-electron chi connectivity index (χ2n) is 5.33. The van der Waals surface area contributed by atoms with Gasteiger partial charge in [-0.1, -0.05) is 39.3 Å². The Kier molecular flexibility index (Phi) is 6.17. The Morgan fingerprint density at radius 1 is 1.25 bits per heavy atom. The molecule has 0 spiro atoms. The van der Waals surface area contributed by atoms with E-state index < -0.39 is 10.0 Å². The smallest absolute Gasteiger partial charge is 0.243 e. The van der Waals surface area contributed by atoms with Crippen molar-refractivity contribution in [3.05, 3.63) is 29.8 Å². The summed E-state index contributed by atoms with van der Waals surface area (Å²) in [5.41, 5.74) is 6.67. The van der Waals surface area contributed by atoms with Crippen molar-refractivity contribution < 1.29 is 8.42 Å². The Morgan fingerprint density at radius 2 is 1.90 bits per heavy atom. The molecule has 0 aliphatic heterocycles. The highest BCUT2D eigenvalue weighted by atomic mass is 32.2. The highest BCUT2D eigenvalue weighted by Gasteiger charge is 2.24. The van der Waals surface area contributed by atoms with Gasteiger partial charge in [0, 0.05) is 19.1 Å². The molecule has 2 N–H and O–H groups in total. The van der Waals surface area contributed by atoms with Gasteiger partial charge in [-0.25, -0.2) is 8.42 Å². The first-order valence-corrected chi connectivity index (χ1v) is 8.62. The molecule has 1 aromatic rings. The van der Waals surface area contributed by atoms with Gasteiger partial charge < -0.3 is 5.73 Å². The largest absolute Gasteiger partial charge is 0.324 e. The lowest BCUT2D eigenvalue weighted by atomic mass is 10.1. The van der Waals surface area contributed by atoms with Crippen molar-refractivity contribution in [3.63, 3.8) is 0 Å². The quantitative estimate of drug-likeness (QED) is 0.842. The van der Waals surface area contributed by atoms with Gasteiger partial charge in [0.25, 0.3) is 0 Å². The average molecular weight is 298 g/mol. The lowest BCUT2D eigenvalue weighted by Gasteiger charge is -2.24. The van der Waals surface area contributed by atoms with Gasteiger partial charge in [-0.2, -0.15) is 4.31 Å². The molecule has 2 unspecified atom stereocenters. The maximum absolute atomic E-state index is 12.7. The lowest BCUT2D eigenvalue weighted by Crippen LogP contribution is -2.34. The van der Waals surface area contributed by atoms with Crippen LogP contribution in [0, 0.1) is 5.92 Å². The minimum atomic E-state index is -3.43. The van der Waals surface area contributed by atoms with E-state index >= 15 is 0 Å². The third-order valence-electron chi connectivity index (χ3n) is 3.59. The minimum Gasteiger partial charge on any atom is -0.324 e. The molecule has 114 valence electrons. The molecule has 0 aliphatic rings. The van der Waals surface area contributed by atoms with Crippen molar-refractivity contribution in [2.24, 2.45) is 11.7 Å². The molecule has 0 aromatic heterocycles. The molecule has 20 heavy (non-hydrogen) atoms. The van der Waals surface area contributed by atoms with E-state index in [-0.39, 0.29) is 6.04 Å². The van der Waals surface area contributed by atoms with E-state index in [9.17, 15) is 8.42 Å². The van der Waals surface area contributed by atoms with Crippen LogP contribution in [-0.2, 0) is 10.0 Å². The number of hydrogen-bond donors (Lipinski definition) is 1. The molecule has 0 aliphatic carbocycles. The molecule has 0 saturated heterocycles. The van der Waals surface area contributed by atoms with Crippen molar-refractivity contribution in [1.82, 2.24) is 4.31 Å². The van der Waals surface area contributed by atoms with Crippen LogP contribution in [-0.4, -0.2) is 25.8 Å². The van der Waals surface area contributed by atoms with E-state index in [1.165, 1.54) is 0 Å². The Bertz CT molecular complexity index is 526. The van der Waals surface area contributed by atoms with Gasteiger partial charge in [0.15, 0.2) is 0 Å². The van der Waals surface area contributed by atoms with Gasteiger partial charge >= 0.3 is 0 Å². The third kappa shape index (κ3) is 4.04. The molecule has 0 heterocycles. The second kappa shape index (κ2) is 7.20. The zero-order valence-electron chi connectivity index (χ0n) is 12.8. The topological polar surface area (TPSA) is 63.4 Å². The van der Waals surface area contributed by atoms with Crippen molar-refractivity contribution >= 4 is 10.0 Å². The fourth-order valence-corrected chi connectivity index (χ4v) is 3.61. The lowest BCUT2D eigenvalue weighted by molar-refractivity contribution is 0.361. The van der Waals surface area contributed by atoms with Crippen molar-refractivity contribution in [2.45, 2.75) is 45.1 Å². The van der Waals surface area contributed by atoms with Crippen LogP contribution < -0.4 is 5.73 Å². The zero-order chi connectivity index (χ0) is 15.3. The SMILES string of the molecule is CCC(C)CN(CC)S(=O)(=O)c1cccc(C(C)N)c1. The van der Waals surface area contributed by atoms with Crippen LogP contribution in [0.3, 0.4) is 0 Å². The van der Waals surface area contributed by atoms with E-state index in [1.54, 1.807) is 22.5 Å². The molecule has 0 saturated carbocycles. The van der Waals surface area contributed by atoms with Gasteiger partial charge in [-0.05, 0) is 30.5 Å². The normalized spacial score (nSPS) is 15.3.